The summed E-state index contributed by atoms with van der Waals surface area (Å²) in [5.74, 6) is 0. The van der Waals surface area contributed by atoms with Crippen LogP contribution in [-0.2, 0) is 6.42 Å². The first kappa shape index (κ1) is 13.9. The van der Waals surface area contributed by atoms with Crippen LogP contribution in [0.5, 0.6) is 0 Å². The molecule has 0 radical (unpaired) electrons. The molecule has 1 aromatic heterocycles. The van der Waals surface area contributed by atoms with Crippen LogP contribution in [0.3, 0.4) is 0 Å². The highest BCUT2D eigenvalue weighted by molar-refractivity contribution is 6.12. The Morgan fingerprint density at radius 3 is 2.15 bits per heavy atom. The van der Waals surface area contributed by atoms with Gasteiger partial charge in [0, 0.05) is 21.9 Å². The molecule has 0 unspecified atom stereocenters. The predicted octanol–water partition coefficient (Wildman–Crippen LogP) is 6.56. The molecule has 1 aliphatic rings. The number of hydrogen-bond acceptors (Lipinski definition) is 0. The lowest BCUT2D eigenvalue weighted by atomic mass is 9.94. The molecule has 1 heterocycles. The van der Waals surface area contributed by atoms with Gasteiger partial charge in [0.15, 0.2) is 0 Å². The Labute approximate surface area is 151 Å². The summed E-state index contributed by atoms with van der Waals surface area (Å²) in [6.45, 7) is 0. The van der Waals surface area contributed by atoms with E-state index in [0.29, 0.717) is 0 Å². The van der Waals surface area contributed by atoms with Crippen molar-refractivity contribution in [3.63, 3.8) is 0 Å². The topological polar surface area (TPSA) is 15.8 Å². The van der Waals surface area contributed by atoms with Gasteiger partial charge in [0.2, 0.25) is 0 Å². The van der Waals surface area contributed by atoms with Crippen LogP contribution in [0.15, 0.2) is 84.9 Å². The van der Waals surface area contributed by atoms with E-state index in [0.717, 1.165) is 6.42 Å². The first-order valence-corrected chi connectivity index (χ1v) is 9.10. The van der Waals surface area contributed by atoms with Crippen molar-refractivity contribution in [2.24, 2.45) is 0 Å². The van der Waals surface area contributed by atoms with Crippen molar-refractivity contribution in [2.75, 3.05) is 0 Å². The maximum atomic E-state index is 3.66. The van der Waals surface area contributed by atoms with Gasteiger partial charge >= 0.3 is 0 Å². The first-order chi connectivity index (χ1) is 12.9. The molecule has 1 aliphatic carbocycles. The molecule has 0 fully saturated rings. The summed E-state index contributed by atoms with van der Waals surface area (Å²) in [6.07, 6.45) is 1.01. The molecule has 0 saturated heterocycles. The van der Waals surface area contributed by atoms with Crippen LogP contribution >= 0.6 is 0 Å². The highest BCUT2D eigenvalue weighted by Gasteiger charge is 2.22. The third-order valence-corrected chi connectivity index (χ3v) is 5.68. The van der Waals surface area contributed by atoms with E-state index in [1.54, 1.807) is 0 Å². The van der Waals surface area contributed by atoms with Gasteiger partial charge in [-0.25, -0.2) is 0 Å². The third-order valence-electron chi connectivity index (χ3n) is 5.68. The van der Waals surface area contributed by atoms with Crippen LogP contribution in [-0.4, -0.2) is 4.98 Å². The summed E-state index contributed by atoms with van der Waals surface area (Å²) >= 11 is 0. The average Bonchev–Trinajstić information content (AvgIpc) is 3.26. The molecular weight excluding hydrogens is 314 g/mol. The Morgan fingerprint density at radius 2 is 1.19 bits per heavy atom. The van der Waals surface area contributed by atoms with Gasteiger partial charge in [-0.3, -0.25) is 0 Å². The maximum Gasteiger partial charge on any atom is 0.0544 e. The summed E-state index contributed by atoms with van der Waals surface area (Å²) < 4.78 is 0. The van der Waals surface area contributed by atoms with Gasteiger partial charge in [-0.05, 0) is 40.3 Å². The van der Waals surface area contributed by atoms with E-state index in [2.05, 4.69) is 89.9 Å². The maximum absolute atomic E-state index is 3.66. The highest BCUT2D eigenvalue weighted by Crippen LogP contribution is 2.43. The molecule has 26 heavy (non-hydrogen) atoms. The molecule has 0 saturated carbocycles. The van der Waals surface area contributed by atoms with Gasteiger partial charge in [0.1, 0.15) is 0 Å². The lowest BCUT2D eigenvalue weighted by Gasteiger charge is -2.10. The van der Waals surface area contributed by atoms with Gasteiger partial charge in [-0.2, -0.15) is 0 Å². The number of fused-ring (bicyclic) bond motifs is 6. The SMILES string of the molecule is c1ccc2c(c1)Cc1c-2cccc1-c1cccc2c1[nH]c1ccccc12. The second-order valence-corrected chi connectivity index (χ2v) is 7.06. The normalized spacial score (nSPS) is 12.5. The number of rotatable bonds is 1. The van der Waals surface area contributed by atoms with Crippen LogP contribution in [0.25, 0.3) is 44.1 Å². The Morgan fingerprint density at radius 1 is 0.538 bits per heavy atom. The smallest absolute Gasteiger partial charge is 0.0544 e. The Kier molecular flexibility index (Phi) is 2.72. The number of hydrogen-bond donors (Lipinski definition) is 1. The molecule has 4 aromatic carbocycles. The summed E-state index contributed by atoms with van der Waals surface area (Å²) in [4.78, 5) is 3.66. The fourth-order valence-electron chi connectivity index (χ4n) is 4.51. The van der Waals surface area contributed by atoms with E-state index in [-0.39, 0.29) is 0 Å². The lowest BCUT2D eigenvalue weighted by molar-refractivity contribution is 1.26. The van der Waals surface area contributed by atoms with Crippen molar-refractivity contribution in [1.29, 1.82) is 0 Å². The Hall–Kier alpha value is -3.32. The summed E-state index contributed by atoms with van der Waals surface area (Å²) in [7, 11) is 0. The van der Waals surface area contributed by atoms with Crippen molar-refractivity contribution in [1.82, 2.24) is 4.98 Å². The quantitative estimate of drug-likeness (QED) is 0.351. The van der Waals surface area contributed by atoms with Gasteiger partial charge in [-0.1, -0.05) is 78.9 Å². The molecule has 1 heteroatoms. The predicted molar refractivity (Wildman–Crippen MR) is 109 cm³/mol. The van der Waals surface area contributed by atoms with Gasteiger partial charge in [-0.15, -0.1) is 0 Å². The number of H-pyrrole nitrogens is 1. The molecular formula is C25H17N. The Balaban J connectivity index is 1.66. The van der Waals surface area contributed by atoms with E-state index < -0.39 is 0 Å². The number of benzene rings is 4. The summed E-state index contributed by atoms with van der Waals surface area (Å²) in [5, 5.41) is 2.59. The molecule has 0 aliphatic heterocycles. The van der Waals surface area contributed by atoms with Crippen molar-refractivity contribution in [2.45, 2.75) is 6.42 Å². The van der Waals surface area contributed by atoms with Crippen molar-refractivity contribution in [3.8, 4) is 22.3 Å². The molecule has 0 bridgehead atoms. The summed E-state index contributed by atoms with van der Waals surface area (Å²) in [5.41, 5.74) is 10.7. The van der Waals surface area contributed by atoms with Crippen molar-refractivity contribution < 1.29 is 0 Å². The zero-order valence-electron chi connectivity index (χ0n) is 14.3. The summed E-state index contributed by atoms with van der Waals surface area (Å²) in [6, 6.07) is 30.7. The molecule has 6 rings (SSSR count). The number of nitrogens with one attached hydrogen (secondary N) is 1. The second-order valence-electron chi connectivity index (χ2n) is 7.06. The molecule has 0 atom stereocenters. The monoisotopic (exact) mass is 331 g/mol. The zero-order chi connectivity index (χ0) is 17.1. The molecule has 0 spiro atoms. The van der Waals surface area contributed by atoms with Crippen LogP contribution < -0.4 is 0 Å². The van der Waals surface area contributed by atoms with Gasteiger partial charge < -0.3 is 4.98 Å². The van der Waals surface area contributed by atoms with E-state index in [4.69, 9.17) is 0 Å². The van der Waals surface area contributed by atoms with Crippen LogP contribution in [0, 0.1) is 0 Å². The van der Waals surface area contributed by atoms with Crippen LogP contribution in [0.4, 0.5) is 0 Å². The van der Waals surface area contributed by atoms with E-state index in [1.165, 1.54) is 55.2 Å². The molecule has 5 aromatic rings. The fourth-order valence-corrected chi connectivity index (χ4v) is 4.51. The average molecular weight is 331 g/mol. The van der Waals surface area contributed by atoms with E-state index in [1.807, 2.05) is 0 Å². The lowest BCUT2D eigenvalue weighted by Crippen LogP contribution is -1.89. The van der Waals surface area contributed by atoms with Gasteiger partial charge in [0.25, 0.3) is 0 Å². The van der Waals surface area contributed by atoms with E-state index in [9.17, 15) is 0 Å². The molecule has 0 amide bonds. The molecule has 1 N–H and O–H groups in total. The van der Waals surface area contributed by atoms with Crippen molar-refractivity contribution >= 4 is 21.8 Å². The van der Waals surface area contributed by atoms with Crippen LogP contribution in [0.2, 0.25) is 0 Å². The second kappa shape index (κ2) is 5.09. The number of aromatic nitrogens is 1. The zero-order valence-corrected chi connectivity index (χ0v) is 14.3. The molecule has 1 nitrogen and oxygen atoms in total. The first-order valence-electron chi connectivity index (χ1n) is 9.10. The fraction of sp³-hybridized carbons (Fsp3) is 0.0400. The highest BCUT2D eigenvalue weighted by atomic mass is 14.7. The van der Waals surface area contributed by atoms with Crippen LogP contribution in [0.1, 0.15) is 11.1 Å². The minimum atomic E-state index is 1.01. The third kappa shape index (κ3) is 1.80. The minimum Gasteiger partial charge on any atom is -0.354 e. The number of aromatic amines is 1. The number of para-hydroxylation sites is 2. The van der Waals surface area contributed by atoms with Gasteiger partial charge in [0.05, 0.1) is 5.52 Å². The Bertz CT molecular complexity index is 1310. The van der Waals surface area contributed by atoms with E-state index >= 15 is 0 Å². The van der Waals surface area contributed by atoms with Crippen molar-refractivity contribution in [3.05, 3.63) is 96.1 Å². The minimum absolute atomic E-state index is 1.01. The molecule has 122 valence electrons. The largest absolute Gasteiger partial charge is 0.354 e. The standard InChI is InChI=1S/C25H17N/c1-2-8-17-16(7-1)15-23-18(17)10-5-11-19(23)21-12-6-13-22-20-9-3-4-14-24(20)26-25(21)22/h1-14,26H,15H2.